The molecule has 0 fully saturated rings. The number of carbonyl (C=O) groups is 2. The van der Waals surface area contributed by atoms with E-state index in [0.717, 1.165) is 11.1 Å². The quantitative estimate of drug-likeness (QED) is 0.504. The van der Waals surface area contributed by atoms with Crippen LogP contribution in [0.4, 0.5) is 5.69 Å². The summed E-state index contributed by atoms with van der Waals surface area (Å²) in [4.78, 5) is 23.6. The predicted octanol–water partition coefficient (Wildman–Crippen LogP) is 5.04. The highest BCUT2D eigenvalue weighted by molar-refractivity contribution is 7.80. The van der Waals surface area contributed by atoms with Crippen molar-refractivity contribution in [3.8, 4) is 11.3 Å². The largest absolute Gasteiger partial charge is 0.478 e. The molecule has 1 amide bonds. The van der Waals surface area contributed by atoms with Gasteiger partial charge < -0.3 is 14.8 Å². The number of halogens is 1. The monoisotopic (exact) mass is 428 g/mol. The van der Waals surface area contributed by atoms with E-state index >= 15 is 0 Å². The second-order valence-corrected chi connectivity index (χ2v) is 7.13. The Morgan fingerprint density at radius 1 is 1.10 bits per heavy atom. The smallest absolute Gasteiger partial charge is 0.336 e. The Balaban J connectivity index is 1.70. The topological polar surface area (TPSA) is 91.6 Å². The van der Waals surface area contributed by atoms with Gasteiger partial charge in [0.1, 0.15) is 5.76 Å². The van der Waals surface area contributed by atoms with E-state index in [1.807, 2.05) is 19.1 Å². The SMILES string of the molecule is Cc1ccc(-c2ccc(C(=O)NC(=S)Nc3cccc(C(=O)O)c3C)o2)cc1Cl. The molecule has 0 radical (unpaired) electrons. The number of amides is 1. The fourth-order valence-corrected chi connectivity index (χ4v) is 3.07. The molecular formula is C21H17ClN2O4S. The van der Waals surface area contributed by atoms with Crippen LogP contribution in [0.1, 0.15) is 32.0 Å². The zero-order chi connectivity index (χ0) is 21.1. The summed E-state index contributed by atoms with van der Waals surface area (Å²) in [7, 11) is 0. The number of furan rings is 1. The van der Waals surface area contributed by atoms with Gasteiger partial charge in [0.05, 0.1) is 5.56 Å². The summed E-state index contributed by atoms with van der Waals surface area (Å²) in [5, 5.41) is 15.2. The number of hydrogen-bond donors (Lipinski definition) is 3. The average Bonchev–Trinajstić information content (AvgIpc) is 3.15. The van der Waals surface area contributed by atoms with Gasteiger partial charge in [-0.05, 0) is 67.5 Å². The van der Waals surface area contributed by atoms with Gasteiger partial charge in [0.25, 0.3) is 5.91 Å². The summed E-state index contributed by atoms with van der Waals surface area (Å²) < 4.78 is 5.62. The minimum Gasteiger partial charge on any atom is -0.478 e. The van der Waals surface area contributed by atoms with Crippen molar-refractivity contribution in [2.24, 2.45) is 0 Å². The first kappa shape index (κ1) is 20.6. The molecule has 3 aromatic rings. The summed E-state index contributed by atoms with van der Waals surface area (Å²) in [6, 6.07) is 13.5. The van der Waals surface area contributed by atoms with Crippen LogP contribution < -0.4 is 10.6 Å². The third kappa shape index (κ3) is 4.64. The second-order valence-electron chi connectivity index (χ2n) is 6.32. The number of benzene rings is 2. The second kappa shape index (κ2) is 8.46. The van der Waals surface area contributed by atoms with Gasteiger partial charge in [-0.1, -0.05) is 29.8 Å². The maximum atomic E-state index is 12.4. The first-order valence-corrected chi connectivity index (χ1v) is 9.36. The van der Waals surface area contributed by atoms with Gasteiger partial charge in [-0.25, -0.2) is 4.79 Å². The van der Waals surface area contributed by atoms with Crippen LogP contribution in [0.15, 0.2) is 52.9 Å². The van der Waals surface area contributed by atoms with E-state index in [0.29, 0.717) is 22.0 Å². The Morgan fingerprint density at radius 3 is 2.55 bits per heavy atom. The Kier molecular flexibility index (Phi) is 6.00. The predicted molar refractivity (Wildman–Crippen MR) is 116 cm³/mol. The highest BCUT2D eigenvalue weighted by Gasteiger charge is 2.16. The maximum absolute atomic E-state index is 12.4. The first-order chi connectivity index (χ1) is 13.8. The first-order valence-electron chi connectivity index (χ1n) is 8.58. The van der Waals surface area contributed by atoms with Crippen molar-refractivity contribution in [3.63, 3.8) is 0 Å². The molecule has 148 valence electrons. The fourth-order valence-electron chi connectivity index (χ4n) is 2.68. The Hall–Kier alpha value is -3.16. The van der Waals surface area contributed by atoms with Crippen LogP contribution in [0.3, 0.4) is 0 Å². The Labute approximate surface area is 177 Å². The number of nitrogens with one attached hydrogen (secondary N) is 2. The Morgan fingerprint density at radius 2 is 1.86 bits per heavy atom. The van der Waals surface area contributed by atoms with E-state index in [2.05, 4.69) is 10.6 Å². The van der Waals surface area contributed by atoms with E-state index in [-0.39, 0.29) is 16.4 Å². The molecule has 8 heteroatoms. The van der Waals surface area contributed by atoms with Crippen LogP contribution in [0.2, 0.25) is 5.02 Å². The lowest BCUT2D eigenvalue weighted by molar-refractivity contribution is 0.0696. The van der Waals surface area contributed by atoms with Crippen LogP contribution in [0, 0.1) is 13.8 Å². The number of carboxylic acid groups (broad SMARTS) is 1. The molecule has 1 aromatic heterocycles. The lowest BCUT2D eigenvalue weighted by atomic mass is 10.1. The van der Waals surface area contributed by atoms with Crippen LogP contribution in [0.25, 0.3) is 11.3 Å². The van der Waals surface area contributed by atoms with Gasteiger partial charge >= 0.3 is 5.97 Å². The minimum absolute atomic E-state index is 0.0250. The molecule has 1 heterocycles. The lowest BCUT2D eigenvalue weighted by Crippen LogP contribution is -2.34. The Bertz CT molecular complexity index is 1120. The van der Waals surface area contributed by atoms with Crippen molar-refractivity contribution in [2.45, 2.75) is 13.8 Å². The number of hydrogen-bond acceptors (Lipinski definition) is 4. The number of carbonyl (C=O) groups excluding carboxylic acids is 1. The minimum atomic E-state index is -1.04. The van der Waals surface area contributed by atoms with Crippen LogP contribution in [0.5, 0.6) is 0 Å². The van der Waals surface area contributed by atoms with Gasteiger partial charge in [0, 0.05) is 16.3 Å². The highest BCUT2D eigenvalue weighted by Crippen LogP contribution is 2.27. The molecule has 0 saturated heterocycles. The molecule has 6 nitrogen and oxygen atoms in total. The highest BCUT2D eigenvalue weighted by atomic mass is 35.5. The number of anilines is 1. The molecule has 0 atom stereocenters. The van der Waals surface area contributed by atoms with Gasteiger partial charge in [-0.2, -0.15) is 0 Å². The summed E-state index contributed by atoms with van der Waals surface area (Å²) in [5.74, 6) is -0.989. The number of aromatic carboxylic acids is 1. The van der Waals surface area contributed by atoms with Crippen molar-refractivity contribution in [1.82, 2.24) is 5.32 Å². The molecule has 0 bridgehead atoms. The third-order valence-electron chi connectivity index (χ3n) is 4.33. The fraction of sp³-hybridized carbons (Fsp3) is 0.0952. The van der Waals surface area contributed by atoms with Gasteiger partial charge in [0.15, 0.2) is 10.9 Å². The van der Waals surface area contributed by atoms with Gasteiger partial charge in [-0.3, -0.25) is 10.1 Å². The van der Waals surface area contributed by atoms with E-state index < -0.39 is 11.9 Å². The third-order valence-corrected chi connectivity index (χ3v) is 4.94. The lowest BCUT2D eigenvalue weighted by Gasteiger charge is -2.12. The molecule has 3 N–H and O–H groups in total. The molecule has 0 aliphatic heterocycles. The normalized spacial score (nSPS) is 10.4. The molecule has 3 rings (SSSR count). The van der Waals surface area contributed by atoms with Crippen molar-refractivity contribution < 1.29 is 19.1 Å². The van der Waals surface area contributed by atoms with Gasteiger partial charge in [-0.15, -0.1) is 0 Å². The van der Waals surface area contributed by atoms with Crippen molar-refractivity contribution in [1.29, 1.82) is 0 Å². The maximum Gasteiger partial charge on any atom is 0.336 e. The van der Waals surface area contributed by atoms with E-state index in [4.69, 9.17) is 28.2 Å². The number of aryl methyl sites for hydroxylation is 1. The van der Waals surface area contributed by atoms with Crippen molar-refractivity contribution in [2.75, 3.05) is 5.32 Å². The van der Waals surface area contributed by atoms with Gasteiger partial charge in [0.2, 0.25) is 0 Å². The van der Waals surface area contributed by atoms with Crippen molar-refractivity contribution in [3.05, 3.63) is 76.0 Å². The standard InChI is InChI=1S/C21H17ClN2O4S/c1-11-6-7-13(10-15(11)22)17-8-9-18(28-17)19(25)24-21(29)23-16-5-3-4-14(12(16)2)20(26)27/h3-10H,1-2H3,(H,26,27)(H2,23,24,25,29). The summed E-state index contributed by atoms with van der Waals surface area (Å²) in [5.41, 5.74) is 2.84. The molecular weight excluding hydrogens is 412 g/mol. The summed E-state index contributed by atoms with van der Waals surface area (Å²) in [6.07, 6.45) is 0. The van der Waals surface area contributed by atoms with Crippen LogP contribution in [-0.4, -0.2) is 22.1 Å². The molecule has 0 unspecified atom stereocenters. The van der Waals surface area contributed by atoms with E-state index in [9.17, 15) is 14.7 Å². The summed E-state index contributed by atoms with van der Waals surface area (Å²) >= 11 is 11.3. The average molecular weight is 429 g/mol. The summed E-state index contributed by atoms with van der Waals surface area (Å²) in [6.45, 7) is 3.55. The van der Waals surface area contributed by atoms with E-state index in [1.165, 1.54) is 12.1 Å². The van der Waals surface area contributed by atoms with Crippen molar-refractivity contribution >= 4 is 46.5 Å². The number of carboxylic acids is 1. The molecule has 2 aromatic carbocycles. The number of rotatable bonds is 4. The van der Waals surface area contributed by atoms with Crippen LogP contribution >= 0.6 is 23.8 Å². The molecule has 0 saturated carbocycles. The zero-order valence-corrected chi connectivity index (χ0v) is 17.1. The molecule has 29 heavy (non-hydrogen) atoms. The van der Waals surface area contributed by atoms with Crippen LogP contribution in [-0.2, 0) is 0 Å². The number of thiocarbonyl (C=S) groups is 1. The molecule has 0 aliphatic carbocycles. The zero-order valence-electron chi connectivity index (χ0n) is 15.6. The molecule has 0 aliphatic rings. The van der Waals surface area contributed by atoms with E-state index in [1.54, 1.807) is 31.2 Å². The molecule has 0 spiro atoms.